The van der Waals surface area contributed by atoms with E-state index in [9.17, 15) is 22.6 Å². The molecule has 1 fully saturated rings. The number of rotatable bonds is 13. The molecule has 10 nitrogen and oxygen atoms in total. The molecule has 14 heteroatoms. The van der Waals surface area contributed by atoms with E-state index in [1.54, 1.807) is 19.0 Å². The lowest BCUT2D eigenvalue weighted by Gasteiger charge is -2.22. The number of nitrogens with zero attached hydrogens (tertiary/aromatic N) is 3. The Kier molecular flexibility index (Phi) is 17.9. The number of carbonyl (C=O) groups is 2. The number of halogens is 3. The molecule has 1 unspecified atom stereocenters. The molecule has 2 aromatic rings. The van der Waals surface area contributed by atoms with Crippen LogP contribution in [0.4, 0.5) is 8.78 Å². The van der Waals surface area contributed by atoms with Crippen molar-refractivity contribution in [3.05, 3.63) is 53.1 Å². The van der Waals surface area contributed by atoms with Gasteiger partial charge in [-0.05, 0) is 76.4 Å². The Labute approximate surface area is 247 Å². The molecule has 1 saturated heterocycles. The summed E-state index contributed by atoms with van der Waals surface area (Å²) in [6.45, 7) is 8.44. The average Bonchev–Trinajstić information content (AvgIpc) is 3.48. The number of hydrogen-bond acceptors (Lipinski definition) is 8. The van der Waals surface area contributed by atoms with Gasteiger partial charge in [-0.15, -0.1) is 0 Å². The molecule has 1 aliphatic heterocycles. The number of benzene rings is 2. The van der Waals surface area contributed by atoms with Crippen LogP contribution in [0.2, 0.25) is 5.02 Å². The van der Waals surface area contributed by atoms with E-state index < -0.39 is 40.8 Å². The van der Waals surface area contributed by atoms with E-state index in [1.807, 2.05) is 13.8 Å². The van der Waals surface area contributed by atoms with Gasteiger partial charge in [-0.3, -0.25) is 19.7 Å². The van der Waals surface area contributed by atoms with Crippen LogP contribution in [-0.4, -0.2) is 95.9 Å². The average molecular weight is 621 g/mol. The van der Waals surface area contributed by atoms with Crippen molar-refractivity contribution in [3.8, 4) is 11.5 Å². The SMILES string of the molecule is CC.CN(C)CCN(CC(=O)NO)S(=O)c1cc(F)c(Oc2ccc(Cl)cc2)c(F)c1.O=COCCN1CCCC1. The number of carbonyl (C=O) groups excluding carboxylic acids is 2. The molecule has 1 aliphatic rings. The fourth-order valence-corrected chi connectivity index (χ4v) is 4.78. The quantitative estimate of drug-likeness (QED) is 0.149. The van der Waals surface area contributed by atoms with Gasteiger partial charge >= 0.3 is 0 Å². The molecule has 3 rings (SSSR count). The summed E-state index contributed by atoms with van der Waals surface area (Å²) in [6.07, 6.45) is 2.59. The molecule has 1 amide bonds. The first-order valence-corrected chi connectivity index (χ1v) is 14.6. The molecule has 0 saturated carbocycles. The number of likely N-dealkylation sites (tertiary alicyclic amines) is 1. The maximum absolute atomic E-state index is 14.5. The summed E-state index contributed by atoms with van der Waals surface area (Å²) in [7, 11) is 1.49. The zero-order valence-electron chi connectivity index (χ0n) is 23.8. The highest BCUT2D eigenvalue weighted by molar-refractivity contribution is 7.82. The van der Waals surface area contributed by atoms with Gasteiger partial charge in [0.2, 0.25) is 0 Å². The van der Waals surface area contributed by atoms with Gasteiger partial charge in [0.25, 0.3) is 12.4 Å². The molecule has 0 bridgehead atoms. The lowest BCUT2D eigenvalue weighted by atomic mass is 10.3. The van der Waals surface area contributed by atoms with Crippen molar-refractivity contribution in [2.75, 3.05) is 60.0 Å². The summed E-state index contributed by atoms with van der Waals surface area (Å²) < 4.78 is 52.7. The topological polar surface area (TPSA) is 112 Å². The zero-order valence-corrected chi connectivity index (χ0v) is 25.4. The third-order valence-corrected chi connectivity index (χ3v) is 7.15. The minimum atomic E-state index is -2.06. The molecule has 1 heterocycles. The van der Waals surface area contributed by atoms with Gasteiger partial charge < -0.3 is 14.4 Å². The number of nitrogens with one attached hydrogen (secondary N) is 1. The lowest BCUT2D eigenvalue weighted by Crippen LogP contribution is -2.40. The second-order valence-electron chi connectivity index (χ2n) is 8.74. The highest BCUT2D eigenvalue weighted by Crippen LogP contribution is 2.30. The molecule has 0 aromatic heterocycles. The second kappa shape index (κ2) is 20.2. The monoisotopic (exact) mass is 620 g/mol. The molecular formula is C27H39ClF2N4O6S. The number of likely N-dealkylation sites (N-methyl/N-ethyl adjacent to an activating group) is 1. The van der Waals surface area contributed by atoms with Gasteiger partial charge in [0.15, 0.2) is 17.4 Å². The van der Waals surface area contributed by atoms with Crippen LogP contribution in [-0.2, 0) is 25.3 Å². The molecule has 0 spiro atoms. The largest absolute Gasteiger partial charge is 0.467 e. The molecular weight excluding hydrogens is 582 g/mol. The standard InChI is InChI=1S/C18H20ClF2N3O4S.C7H13NO2.C2H6/c1-23(2)7-8-24(11-17(25)22-26)29(27)14-9-15(20)18(16(21)10-14)28-13-5-3-12(19)4-6-13;9-7-10-6-5-8-3-1-2-4-8;1-2/h3-6,9-10,26H,7-8,11H2,1-2H3,(H,22,25);7H,1-6H2;1-2H3. The normalized spacial score (nSPS) is 13.5. The van der Waals surface area contributed by atoms with Crippen LogP contribution in [0.1, 0.15) is 26.7 Å². The first-order valence-electron chi connectivity index (χ1n) is 13.1. The Bertz CT molecular complexity index is 1070. The Hall–Kier alpha value is -2.68. The van der Waals surface area contributed by atoms with Crippen molar-refractivity contribution in [1.82, 2.24) is 19.6 Å². The van der Waals surface area contributed by atoms with Crippen LogP contribution in [0.25, 0.3) is 0 Å². The molecule has 41 heavy (non-hydrogen) atoms. The van der Waals surface area contributed by atoms with E-state index >= 15 is 0 Å². The van der Waals surface area contributed by atoms with Crippen LogP contribution in [0.15, 0.2) is 41.3 Å². The Morgan fingerprint density at radius 3 is 2.22 bits per heavy atom. The molecule has 0 radical (unpaired) electrons. The minimum absolute atomic E-state index is 0.152. The van der Waals surface area contributed by atoms with Gasteiger partial charge in [-0.25, -0.2) is 22.8 Å². The van der Waals surface area contributed by atoms with Gasteiger partial charge in [-0.1, -0.05) is 25.4 Å². The number of hydrogen-bond donors (Lipinski definition) is 2. The van der Waals surface area contributed by atoms with Crippen LogP contribution in [0.5, 0.6) is 11.5 Å². The summed E-state index contributed by atoms with van der Waals surface area (Å²) in [5.74, 6) is -3.39. The van der Waals surface area contributed by atoms with Crippen molar-refractivity contribution in [1.29, 1.82) is 0 Å². The van der Waals surface area contributed by atoms with Gasteiger partial charge in [0.1, 0.15) is 23.3 Å². The minimum Gasteiger partial charge on any atom is -0.467 e. The van der Waals surface area contributed by atoms with Gasteiger partial charge in [0.05, 0.1) is 11.4 Å². The van der Waals surface area contributed by atoms with Gasteiger partial charge in [0, 0.05) is 24.7 Å². The summed E-state index contributed by atoms with van der Waals surface area (Å²) in [5.41, 5.74) is 1.45. The van der Waals surface area contributed by atoms with E-state index in [4.69, 9.17) is 21.5 Å². The zero-order chi connectivity index (χ0) is 30.8. The van der Waals surface area contributed by atoms with E-state index in [2.05, 4.69) is 9.64 Å². The number of amides is 1. The number of ether oxygens (including phenoxy) is 2. The Morgan fingerprint density at radius 2 is 1.71 bits per heavy atom. The summed E-state index contributed by atoms with van der Waals surface area (Å²) >= 11 is 5.76. The second-order valence-corrected chi connectivity index (χ2v) is 10.7. The molecule has 1 atom stereocenters. The van der Waals surface area contributed by atoms with E-state index in [-0.39, 0.29) is 17.2 Å². The molecule has 2 aromatic carbocycles. The van der Waals surface area contributed by atoms with E-state index in [1.165, 1.54) is 60.0 Å². The van der Waals surface area contributed by atoms with Crippen molar-refractivity contribution >= 4 is 35.0 Å². The van der Waals surface area contributed by atoms with Crippen LogP contribution in [0.3, 0.4) is 0 Å². The Morgan fingerprint density at radius 1 is 1.12 bits per heavy atom. The molecule has 2 N–H and O–H groups in total. The van der Waals surface area contributed by atoms with Crippen LogP contribution >= 0.6 is 11.6 Å². The highest BCUT2D eigenvalue weighted by atomic mass is 35.5. The maximum Gasteiger partial charge on any atom is 0.293 e. The van der Waals surface area contributed by atoms with Crippen molar-refractivity contribution in [2.45, 2.75) is 31.6 Å². The molecule has 230 valence electrons. The first kappa shape index (κ1) is 36.3. The van der Waals surface area contributed by atoms with Crippen molar-refractivity contribution in [3.63, 3.8) is 0 Å². The Balaban J connectivity index is 0.000000584. The number of hydroxylamine groups is 1. The first-order chi connectivity index (χ1) is 19.6. The predicted molar refractivity (Wildman–Crippen MR) is 153 cm³/mol. The third kappa shape index (κ3) is 13.7. The smallest absolute Gasteiger partial charge is 0.293 e. The maximum atomic E-state index is 14.5. The highest BCUT2D eigenvalue weighted by Gasteiger charge is 2.23. The summed E-state index contributed by atoms with van der Waals surface area (Å²) in [4.78, 5) is 25.1. The van der Waals surface area contributed by atoms with Crippen LogP contribution < -0.4 is 10.2 Å². The summed E-state index contributed by atoms with van der Waals surface area (Å²) in [6, 6.07) is 7.66. The lowest BCUT2D eigenvalue weighted by molar-refractivity contribution is -0.129. The fraction of sp³-hybridized carbons (Fsp3) is 0.481. The van der Waals surface area contributed by atoms with Gasteiger partial charge in [-0.2, -0.15) is 0 Å². The third-order valence-electron chi connectivity index (χ3n) is 5.47. The summed E-state index contributed by atoms with van der Waals surface area (Å²) in [5, 5.41) is 9.15. The predicted octanol–water partition coefficient (Wildman–Crippen LogP) is 4.08. The fourth-order valence-electron chi connectivity index (χ4n) is 3.47. The van der Waals surface area contributed by atoms with Crippen LogP contribution in [0, 0.1) is 11.6 Å². The molecule has 0 aliphatic carbocycles. The van der Waals surface area contributed by atoms with Crippen molar-refractivity contribution < 1.29 is 37.3 Å². The van der Waals surface area contributed by atoms with E-state index in [0.29, 0.717) is 24.6 Å². The van der Waals surface area contributed by atoms with Crippen molar-refractivity contribution in [2.24, 2.45) is 0 Å². The van der Waals surface area contributed by atoms with E-state index in [0.717, 1.165) is 18.7 Å².